The molecule has 118 valence electrons. The van der Waals surface area contributed by atoms with Crippen LogP contribution in [0.4, 0.5) is 0 Å². The average molecular weight is 311 g/mol. The van der Waals surface area contributed by atoms with E-state index in [9.17, 15) is 4.79 Å². The molecule has 1 fully saturated rings. The first-order valence-electron chi connectivity index (χ1n) is 7.46. The van der Waals surface area contributed by atoms with E-state index < -0.39 is 0 Å². The van der Waals surface area contributed by atoms with E-state index in [1.54, 1.807) is 5.38 Å². The van der Waals surface area contributed by atoms with Crippen LogP contribution < -0.4 is 11.1 Å². The lowest BCUT2D eigenvalue weighted by atomic mass is 9.78. The number of hydrogen-bond donors (Lipinski definition) is 2. The maximum absolute atomic E-state index is 12.1. The van der Waals surface area contributed by atoms with Crippen LogP contribution in [0.2, 0.25) is 0 Å². The molecule has 3 N–H and O–H groups in total. The first kappa shape index (κ1) is 16.4. The van der Waals surface area contributed by atoms with Gasteiger partial charge in [0, 0.05) is 31.0 Å². The highest BCUT2D eigenvalue weighted by Gasteiger charge is 2.35. The number of amides is 1. The summed E-state index contributed by atoms with van der Waals surface area (Å²) in [6.45, 7) is 8.39. The Bertz CT molecular complexity index is 482. The topological polar surface area (TPSA) is 77.2 Å². The highest BCUT2D eigenvalue weighted by molar-refractivity contribution is 7.09. The van der Waals surface area contributed by atoms with Crippen LogP contribution in [-0.4, -0.2) is 30.1 Å². The van der Waals surface area contributed by atoms with Crippen LogP contribution in [0.25, 0.3) is 0 Å². The summed E-state index contributed by atoms with van der Waals surface area (Å²) in [6, 6.07) is 0. The second-order valence-corrected chi connectivity index (χ2v) is 7.54. The van der Waals surface area contributed by atoms with Gasteiger partial charge in [-0.05, 0) is 18.3 Å². The fourth-order valence-electron chi connectivity index (χ4n) is 2.83. The summed E-state index contributed by atoms with van der Waals surface area (Å²) in [6.07, 6.45) is 2.33. The van der Waals surface area contributed by atoms with Crippen molar-refractivity contribution in [2.24, 2.45) is 17.1 Å². The maximum Gasteiger partial charge on any atom is 0.270 e. The predicted octanol–water partition coefficient (Wildman–Crippen LogP) is 2.17. The molecule has 1 amide bonds. The van der Waals surface area contributed by atoms with Gasteiger partial charge in [-0.15, -0.1) is 11.3 Å². The van der Waals surface area contributed by atoms with Crippen molar-refractivity contribution >= 4 is 17.2 Å². The average Bonchev–Trinajstić information content (AvgIpc) is 2.93. The predicted molar refractivity (Wildman–Crippen MR) is 84.3 cm³/mol. The normalized spacial score (nSPS) is 23.0. The molecule has 0 aliphatic carbocycles. The van der Waals surface area contributed by atoms with Crippen LogP contribution in [0.3, 0.4) is 0 Å². The fourth-order valence-corrected chi connectivity index (χ4v) is 3.49. The van der Waals surface area contributed by atoms with Gasteiger partial charge in [-0.2, -0.15) is 0 Å². The highest BCUT2D eigenvalue weighted by atomic mass is 32.1. The Labute approximate surface area is 130 Å². The van der Waals surface area contributed by atoms with Gasteiger partial charge in [0.15, 0.2) is 0 Å². The van der Waals surface area contributed by atoms with Gasteiger partial charge in [-0.3, -0.25) is 4.79 Å². The van der Waals surface area contributed by atoms with Crippen LogP contribution in [0.1, 0.15) is 49.1 Å². The molecule has 1 aromatic rings. The molecule has 21 heavy (non-hydrogen) atoms. The van der Waals surface area contributed by atoms with Crippen LogP contribution in [0, 0.1) is 11.3 Å². The monoisotopic (exact) mass is 311 g/mol. The van der Waals surface area contributed by atoms with E-state index in [1.807, 2.05) is 0 Å². The molecular weight excluding hydrogens is 286 g/mol. The van der Waals surface area contributed by atoms with E-state index in [0.717, 1.165) is 24.5 Å². The Morgan fingerprint density at radius 1 is 1.57 bits per heavy atom. The van der Waals surface area contributed by atoms with E-state index >= 15 is 0 Å². The molecule has 1 saturated heterocycles. The van der Waals surface area contributed by atoms with Gasteiger partial charge >= 0.3 is 0 Å². The lowest BCUT2D eigenvalue weighted by Crippen LogP contribution is -2.45. The zero-order valence-corrected chi connectivity index (χ0v) is 13.8. The Morgan fingerprint density at radius 2 is 2.33 bits per heavy atom. The third-order valence-corrected chi connectivity index (χ3v) is 4.65. The van der Waals surface area contributed by atoms with Gasteiger partial charge in [-0.1, -0.05) is 20.8 Å². The van der Waals surface area contributed by atoms with E-state index in [-0.39, 0.29) is 17.4 Å². The first-order chi connectivity index (χ1) is 9.91. The molecule has 2 unspecified atom stereocenters. The first-order valence-corrected chi connectivity index (χ1v) is 8.34. The van der Waals surface area contributed by atoms with Crippen molar-refractivity contribution in [2.45, 2.75) is 46.3 Å². The fraction of sp³-hybridized carbons (Fsp3) is 0.733. The number of carbonyl (C=O) groups excluding carboxylic acids is 1. The van der Waals surface area contributed by atoms with Gasteiger partial charge in [0.25, 0.3) is 5.91 Å². The third kappa shape index (κ3) is 4.25. The molecule has 2 heterocycles. The minimum atomic E-state index is -0.121. The van der Waals surface area contributed by atoms with E-state index in [4.69, 9.17) is 10.5 Å². The van der Waals surface area contributed by atoms with Crippen LogP contribution in [-0.2, 0) is 11.3 Å². The Morgan fingerprint density at radius 3 is 2.95 bits per heavy atom. The molecule has 5 nitrogen and oxygen atoms in total. The second kappa shape index (κ2) is 6.85. The Hall–Kier alpha value is -0.980. The number of thiazole rings is 1. The highest BCUT2D eigenvalue weighted by Crippen LogP contribution is 2.33. The van der Waals surface area contributed by atoms with Gasteiger partial charge in [0.2, 0.25) is 0 Å². The van der Waals surface area contributed by atoms with E-state index in [1.165, 1.54) is 11.3 Å². The molecule has 0 saturated carbocycles. The van der Waals surface area contributed by atoms with Crippen molar-refractivity contribution in [3.63, 3.8) is 0 Å². The van der Waals surface area contributed by atoms with Gasteiger partial charge in [-0.25, -0.2) is 4.98 Å². The minimum absolute atomic E-state index is 0.0865. The molecule has 0 bridgehead atoms. The molecule has 1 aliphatic heterocycles. The van der Waals surface area contributed by atoms with Crippen molar-refractivity contribution in [3.05, 3.63) is 16.1 Å². The number of aromatic nitrogens is 1. The lowest BCUT2D eigenvalue weighted by molar-refractivity contribution is -0.0839. The van der Waals surface area contributed by atoms with Crippen LogP contribution in [0.15, 0.2) is 5.38 Å². The minimum Gasteiger partial charge on any atom is -0.377 e. The van der Waals surface area contributed by atoms with Crippen LogP contribution >= 0.6 is 11.3 Å². The summed E-state index contributed by atoms with van der Waals surface area (Å²) < 4.78 is 5.93. The lowest BCUT2D eigenvalue weighted by Gasteiger charge is -2.40. The zero-order valence-electron chi connectivity index (χ0n) is 13.0. The summed E-state index contributed by atoms with van der Waals surface area (Å²) in [7, 11) is 0. The van der Waals surface area contributed by atoms with Gasteiger partial charge < -0.3 is 15.8 Å². The van der Waals surface area contributed by atoms with Crippen molar-refractivity contribution in [3.8, 4) is 0 Å². The smallest absolute Gasteiger partial charge is 0.270 e. The number of rotatable bonds is 4. The van der Waals surface area contributed by atoms with Crippen LogP contribution in [0.5, 0.6) is 0 Å². The van der Waals surface area contributed by atoms with E-state index in [0.29, 0.717) is 24.7 Å². The molecule has 0 aromatic carbocycles. The van der Waals surface area contributed by atoms with Crippen molar-refractivity contribution < 1.29 is 9.53 Å². The van der Waals surface area contributed by atoms with Crippen molar-refractivity contribution in [1.82, 2.24) is 10.3 Å². The molecule has 1 aromatic heterocycles. The van der Waals surface area contributed by atoms with Gasteiger partial charge in [0.05, 0.1) is 6.10 Å². The largest absolute Gasteiger partial charge is 0.377 e. The summed E-state index contributed by atoms with van der Waals surface area (Å²) in [4.78, 5) is 16.3. The van der Waals surface area contributed by atoms with Crippen molar-refractivity contribution in [1.29, 1.82) is 0 Å². The van der Waals surface area contributed by atoms with Gasteiger partial charge in [0.1, 0.15) is 10.7 Å². The Kier molecular flexibility index (Phi) is 5.35. The number of carbonyl (C=O) groups is 1. The second-order valence-electron chi connectivity index (χ2n) is 6.60. The summed E-state index contributed by atoms with van der Waals surface area (Å²) in [5.41, 5.74) is 6.07. The molecule has 0 radical (unpaired) electrons. The Balaban J connectivity index is 1.92. The number of ether oxygens (including phenoxy) is 1. The molecule has 0 spiro atoms. The quantitative estimate of drug-likeness (QED) is 0.893. The summed E-state index contributed by atoms with van der Waals surface area (Å²) >= 11 is 1.42. The summed E-state index contributed by atoms with van der Waals surface area (Å²) in [5, 5.41) is 5.54. The zero-order chi connectivity index (χ0) is 15.5. The number of nitrogens with one attached hydrogen (secondary N) is 1. The number of nitrogens with zero attached hydrogens (tertiary/aromatic N) is 1. The molecular formula is C15H25N3O2S. The third-order valence-electron chi connectivity index (χ3n) is 3.78. The molecule has 2 atom stereocenters. The summed E-state index contributed by atoms with van der Waals surface area (Å²) in [5.74, 6) is 0.236. The standard InChI is InChI=1S/C15H25N3O2S/c1-15(2,3)13-10(5-4-6-20-13)8-17-14(19)11-9-21-12(7-16)18-11/h9-10,13H,4-8,16H2,1-3H3,(H,17,19). The van der Waals surface area contributed by atoms with Crippen molar-refractivity contribution in [2.75, 3.05) is 13.2 Å². The molecule has 2 rings (SSSR count). The molecule has 6 heteroatoms. The number of nitrogens with two attached hydrogens (primary N) is 1. The SMILES string of the molecule is CC(C)(C)C1OCCCC1CNC(=O)c1csc(CN)n1. The maximum atomic E-state index is 12.1. The molecule has 1 aliphatic rings. The number of hydrogen-bond acceptors (Lipinski definition) is 5. The van der Waals surface area contributed by atoms with E-state index in [2.05, 4.69) is 31.1 Å².